The van der Waals surface area contributed by atoms with Crippen LogP contribution >= 0.6 is 11.6 Å². The van der Waals surface area contributed by atoms with Crippen LogP contribution < -0.4 is 5.32 Å². The van der Waals surface area contributed by atoms with Crippen LogP contribution in [0.15, 0.2) is 41.6 Å². The average Bonchev–Trinajstić information content (AvgIpc) is 3.32. The summed E-state index contributed by atoms with van der Waals surface area (Å²) >= 11 is 6.15. The van der Waals surface area contributed by atoms with Crippen molar-refractivity contribution >= 4 is 29.1 Å². The number of carbonyl (C=O) groups is 2. The molecule has 2 aliphatic heterocycles. The summed E-state index contributed by atoms with van der Waals surface area (Å²) in [5, 5.41) is 6.97. The van der Waals surface area contributed by atoms with E-state index < -0.39 is 34.7 Å². The second-order valence-corrected chi connectivity index (χ2v) is 8.51. The molecule has 10 heteroatoms. The second-order valence-electron chi connectivity index (χ2n) is 8.07. The number of halogens is 4. The summed E-state index contributed by atoms with van der Waals surface area (Å²) in [4.78, 5) is 30.6. The van der Waals surface area contributed by atoms with Gasteiger partial charge in [0.2, 0.25) is 5.91 Å². The lowest BCUT2D eigenvalue weighted by Gasteiger charge is -2.23. The molecular formula is C22H19ClF3N3O3. The number of hydrogen-bond acceptors (Lipinski definition) is 4. The van der Waals surface area contributed by atoms with E-state index in [4.69, 9.17) is 16.4 Å². The zero-order chi connectivity index (χ0) is 23.3. The minimum absolute atomic E-state index is 0.130. The first-order chi connectivity index (χ1) is 15.0. The van der Waals surface area contributed by atoms with Gasteiger partial charge in [-0.1, -0.05) is 28.9 Å². The van der Waals surface area contributed by atoms with Gasteiger partial charge >= 0.3 is 6.18 Å². The number of benzene rings is 2. The summed E-state index contributed by atoms with van der Waals surface area (Å²) in [5.41, 5.74) is -0.294. The van der Waals surface area contributed by atoms with Crippen LogP contribution in [0, 0.1) is 6.92 Å². The van der Waals surface area contributed by atoms with Crippen LogP contribution in [0.5, 0.6) is 0 Å². The van der Waals surface area contributed by atoms with Gasteiger partial charge in [0.15, 0.2) is 5.60 Å². The highest BCUT2D eigenvalue weighted by Crippen LogP contribution is 2.39. The Balaban J connectivity index is 1.65. The Morgan fingerprint density at radius 1 is 1.25 bits per heavy atom. The quantitative estimate of drug-likeness (QED) is 0.737. The van der Waals surface area contributed by atoms with Gasteiger partial charge in [-0.15, -0.1) is 0 Å². The largest absolute Gasteiger partial charge is 0.417 e. The van der Waals surface area contributed by atoms with E-state index in [1.54, 1.807) is 19.1 Å². The van der Waals surface area contributed by atoms with Crippen molar-refractivity contribution in [3.8, 4) is 0 Å². The number of amides is 2. The molecule has 1 fully saturated rings. The van der Waals surface area contributed by atoms with Crippen molar-refractivity contribution in [1.82, 2.24) is 10.2 Å². The monoisotopic (exact) mass is 465 g/mol. The molecule has 0 spiro atoms. The molecule has 1 unspecified atom stereocenters. The number of oxime groups is 1. The fourth-order valence-electron chi connectivity index (χ4n) is 3.82. The lowest BCUT2D eigenvalue weighted by molar-refractivity contribution is -0.138. The maximum atomic E-state index is 13.8. The van der Waals surface area contributed by atoms with E-state index >= 15 is 0 Å². The van der Waals surface area contributed by atoms with E-state index in [-0.39, 0.29) is 25.2 Å². The maximum Gasteiger partial charge on any atom is 0.417 e. The van der Waals surface area contributed by atoms with Gasteiger partial charge in [0.1, 0.15) is 6.54 Å². The van der Waals surface area contributed by atoms with Gasteiger partial charge in [0.05, 0.1) is 23.5 Å². The van der Waals surface area contributed by atoms with E-state index in [2.05, 4.69) is 10.5 Å². The lowest BCUT2D eigenvalue weighted by atomic mass is 9.87. The van der Waals surface area contributed by atoms with Crippen molar-refractivity contribution in [3.63, 3.8) is 0 Å². The van der Waals surface area contributed by atoms with Crippen LogP contribution in [0.25, 0.3) is 0 Å². The molecule has 0 saturated carbocycles. The Labute approximate surface area is 187 Å². The van der Waals surface area contributed by atoms with Crippen molar-refractivity contribution < 1.29 is 27.6 Å². The van der Waals surface area contributed by atoms with Gasteiger partial charge in [-0.05, 0) is 49.2 Å². The summed E-state index contributed by atoms with van der Waals surface area (Å²) in [6.07, 6.45) is -4.55. The third kappa shape index (κ3) is 4.17. The molecule has 2 heterocycles. The first kappa shape index (κ1) is 22.1. The average molecular weight is 466 g/mol. The zero-order valence-corrected chi connectivity index (χ0v) is 18.0. The molecule has 1 N–H and O–H groups in total. The lowest BCUT2D eigenvalue weighted by Crippen LogP contribution is -2.31. The van der Waals surface area contributed by atoms with Crippen molar-refractivity contribution in [2.24, 2.45) is 5.16 Å². The first-order valence-electron chi connectivity index (χ1n) is 9.76. The van der Waals surface area contributed by atoms with E-state index in [1.165, 1.54) is 6.07 Å². The van der Waals surface area contributed by atoms with Crippen molar-refractivity contribution in [3.05, 3.63) is 69.2 Å². The fraction of sp³-hybridized carbons (Fsp3) is 0.318. The molecule has 1 atom stereocenters. The summed E-state index contributed by atoms with van der Waals surface area (Å²) in [5.74, 6) is -1.29. The standard InChI is InChI=1S/C22H19ClF3N3O3/c1-12-5-14(8-15(23)6-12)21(2)9-18(28-32-21)13-3-4-16(17(7-13)22(24,25)26)20(31)29-10-19(30)27-11-29/h3-8H,9-11H2,1-2H3,(H,27,30). The normalized spacial score (nSPS) is 20.8. The minimum atomic E-state index is -4.77. The Kier molecular flexibility index (Phi) is 5.40. The molecule has 0 radical (unpaired) electrons. The van der Waals surface area contributed by atoms with Crippen LogP contribution in [0.1, 0.15) is 46.0 Å². The smallest absolute Gasteiger partial charge is 0.384 e. The van der Waals surface area contributed by atoms with E-state index in [1.807, 2.05) is 13.0 Å². The molecule has 0 aromatic heterocycles. The third-order valence-corrected chi connectivity index (χ3v) is 5.71. The Hall–Kier alpha value is -3.07. The molecule has 6 nitrogen and oxygen atoms in total. The van der Waals surface area contributed by atoms with Crippen LogP contribution in [0.4, 0.5) is 13.2 Å². The van der Waals surface area contributed by atoms with Crippen LogP contribution in [-0.2, 0) is 21.4 Å². The van der Waals surface area contributed by atoms with Crippen molar-refractivity contribution in [2.75, 3.05) is 13.2 Å². The van der Waals surface area contributed by atoms with E-state index in [0.717, 1.165) is 28.2 Å². The summed E-state index contributed by atoms with van der Waals surface area (Å²) < 4.78 is 41.4. The number of alkyl halides is 3. The Morgan fingerprint density at radius 3 is 2.62 bits per heavy atom. The predicted octanol–water partition coefficient (Wildman–Crippen LogP) is 4.24. The maximum absolute atomic E-state index is 13.8. The number of nitrogens with one attached hydrogen (secondary N) is 1. The fourth-order valence-corrected chi connectivity index (χ4v) is 4.11. The topological polar surface area (TPSA) is 71.0 Å². The SMILES string of the molecule is Cc1cc(Cl)cc(C2(C)CC(c3ccc(C(=O)N4CNC(=O)C4)c(C(F)(F)F)c3)=NO2)c1. The molecule has 1 saturated heterocycles. The van der Waals surface area contributed by atoms with E-state index in [9.17, 15) is 22.8 Å². The van der Waals surface area contributed by atoms with E-state index in [0.29, 0.717) is 10.7 Å². The second kappa shape index (κ2) is 7.81. The minimum Gasteiger partial charge on any atom is -0.384 e. The number of aryl methyl sites for hydroxylation is 1. The van der Waals surface area contributed by atoms with Crippen molar-refractivity contribution in [1.29, 1.82) is 0 Å². The molecule has 32 heavy (non-hydrogen) atoms. The van der Waals surface area contributed by atoms with Gasteiger partial charge in [0.25, 0.3) is 5.91 Å². The highest BCUT2D eigenvalue weighted by atomic mass is 35.5. The van der Waals surface area contributed by atoms with Crippen molar-refractivity contribution in [2.45, 2.75) is 32.0 Å². The van der Waals surface area contributed by atoms with Gasteiger partial charge in [0, 0.05) is 17.0 Å². The molecule has 2 amide bonds. The highest BCUT2D eigenvalue weighted by Gasteiger charge is 2.40. The number of hydrogen-bond donors (Lipinski definition) is 1. The van der Waals surface area contributed by atoms with Crippen LogP contribution in [-0.4, -0.2) is 35.6 Å². The molecule has 0 bridgehead atoms. The first-order valence-corrected chi connectivity index (χ1v) is 10.1. The Bertz CT molecular complexity index is 1130. The molecular weight excluding hydrogens is 447 g/mol. The summed E-state index contributed by atoms with van der Waals surface area (Å²) in [6.45, 7) is 3.25. The predicted molar refractivity (Wildman–Crippen MR) is 111 cm³/mol. The Morgan fingerprint density at radius 2 is 2.00 bits per heavy atom. The molecule has 168 valence electrons. The number of rotatable bonds is 3. The molecule has 0 aliphatic carbocycles. The molecule has 2 aromatic rings. The van der Waals surface area contributed by atoms with Crippen LogP contribution in [0.3, 0.4) is 0 Å². The highest BCUT2D eigenvalue weighted by molar-refractivity contribution is 6.30. The molecule has 2 aromatic carbocycles. The van der Waals surface area contributed by atoms with Gasteiger partial charge in [-0.3, -0.25) is 9.59 Å². The third-order valence-electron chi connectivity index (χ3n) is 5.49. The van der Waals surface area contributed by atoms with Crippen LogP contribution in [0.2, 0.25) is 5.02 Å². The number of carbonyl (C=O) groups excluding carboxylic acids is 2. The molecule has 4 rings (SSSR count). The molecule has 2 aliphatic rings. The zero-order valence-electron chi connectivity index (χ0n) is 17.2. The summed E-state index contributed by atoms with van der Waals surface area (Å²) in [6, 6.07) is 8.84. The van der Waals surface area contributed by atoms with Gasteiger partial charge in [-0.2, -0.15) is 13.2 Å². The number of nitrogens with zero attached hydrogens (tertiary/aromatic N) is 2. The van der Waals surface area contributed by atoms with Gasteiger partial charge < -0.3 is 15.1 Å². The summed E-state index contributed by atoms with van der Waals surface area (Å²) in [7, 11) is 0. The van der Waals surface area contributed by atoms with Gasteiger partial charge in [-0.25, -0.2) is 0 Å².